The minimum atomic E-state index is 0.0103. The van der Waals surface area contributed by atoms with Crippen LogP contribution in [0.3, 0.4) is 0 Å². The zero-order valence-electron chi connectivity index (χ0n) is 9.59. The minimum Gasteiger partial charge on any atom is -0.350 e. The summed E-state index contributed by atoms with van der Waals surface area (Å²) in [5.74, 6) is 0.727. The first-order valence-electron chi connectivity index (χ1n) is 5.38. The molecular weight excluding hydrogens is 188 g/mol. The van der Waals surface area contributed by atoms with E-state index in [1.54, 1.807) is 0 Å². The molecule has 1 aliphatic heterocycles. The molecule has 82 valence electrons. The quantitative estimate of drug-likeness (QED) is 0.728. The first-order valence-corrected chi connectivity index (χ1v) is 5.38. The molecule has 2 N–H and O–H groups in total. The Labute approximate surface area is 90.5 Å². The lowest BCUT2D eigenvalue weighted by atomic mass is 10.1. The highest BCUT2D eigenvalue weighted by atomic mass is 15.1. The summed E-state index contributed by atoms with van der Waals surface area (Å²) in [5, 5.41) is 6.59. The monoisotopic (exact) mass is 206 g/mol. The van der Waals surface area contributed by atoms with Crippen LogP contribution in [0.4, 0.5) is 5.95 Å². The molecule has 0 atom stereocenters. The Balaban J connectivity index is 2.21. The largest absolute Gasteiger partial charge is 0.350 e. The predicted octanol–water partition coefficient (Wildman–Crippen LogP) is 1.33. The van der Waals surface area contributed by atoms with Crippen molar-refractivity contribution in [2.45, 2.75) is 39.3 Å². The lowest BCUT2D eigenvalue weighted by Gasteiger charge is -2.22. The minimum absolute atomic E-state index is 0.0103. The van der Waals surface area contributed by atoms with Gasteiger partial charge in [-0.1, -0.05) is 0 Å². The second kappa shape index (κ2) is 3.77. The summed E-state index contributed by atoms with van der Waals surface area (Å²) in [5.41, 5.74) is 2.41. The van der Waals surface area contributed by atoms with Crippen LogP contribution in [0.5, 0.6) is 0 Å². The Bertz CT molecular complexity index is 354. The van der Waals surface area contributed by atoms with E-state index in [-0.39, 0.29) is 5.54 Å². The van der Waals surface area contributed by atoms with E-state index in [2.05, 4.69) is 41.4 Å². The first kappa shape index (κ1) is 10.4. The molecule has 2 heterocycles. The van der Waals surface area contributed by atoms with Crippen molar-refractivity contribution in [3.8, 4) is 0 Å². The van der Waals surface area contributed by atoms with Gasteiger partial charge in [0.05, 0.1) is 5.69 Å². The number of nitrogens with one attached hydrogen (secondary N) is 2. The highest BCUT2D eigenvalue weighted by Gasteiger charge is 2.14. The molecule has 0 radical (unpaired) electrons. The fraction of sp³-hybridized carbons (Fsp3) is 0.636. The van der Waals surface area contributed by atoms with Gasteiger partial charge in [-0.25, -0.2) is 9.97 Å². The smallest absolute Gasteiger partial charge is 0.223 e. The van der Waals surface area contributed by atoms with Gasteiger partial charge in [-0.3, -0.25) is 0 Å². The summed E-state index contributed by atoms with van der Waals surface area (Å²) in [6.45, 7) is 8.20. The van der Waals surface area contributed by atoms with Crippen molar-refractivity contribution in [3.05, 3.63) is 17.5 Å². The highest BCUT2D eigenvalue weighted by Crippen LogP contribution is 2.14. The van der Waals surface area contributed by atoms with Gasteiger partial charge in [-0.15, -0.1) is 0 Å². The second-order valence-corrected chi connectivity index (χ2v) is 4.97. The maximum Gasteiger partial charge on any atom is 0.223 e. The number of hydrogen-bond acceptors (Lipinski definition) is 4. The average molecular weight is 206 g/mol. The summed E-state index contributed by atoms with van der Waals surface area (Å²) < 4.78 is 0. The molecule has 0 unspecified atom stereocenters. The van der Waals surface area contributed by atoms with Crippen LogP contribution in [0.1, 0.15) is 32.0 Å². The van der Waals surface area contributed by atoms with Gasteiger partial charge in [0.15, 0.2) is 0 Å². The highest BCUT2D eigenvalue weighted by molar-refractivity contribution is 5.32. The zero-order valence-corrected chi connectivity index (χ0v) is 9.59. The SMILES string of the molecule is CC(C)(C)Nc1ncc2c(n1)CNCC2. The Morgan fingerprint density at radius 2 is 2.20 bits per heavy atom. The van der Waals surface area contributed by atoms with Crippen molar-refractivity contribution in [1.82, 2.24) is 15.3 Å². The topological polar surface area (TPSA) is 49.8 Å². The molecule has 0 aliphatic carbocycles. The van der Waals surface area contributed by atoms with Gasteiger partial charge in [0.1, 0.15) is 0 Å². The number of fused-ring (bicyclic) bond motifs is 1. The number of hydrogen-bond donors (Lipinski definition) is 2. The van der Waals surface area contributed by atoms with Gasteiger partial charge in [0, 0.05) is 18.3 Å². The molecule has 0 fully saturated rings. The molecule has 1 aromatic rings. The molecule has 0 saturated heterocycles. The van der Waals surface area contributed by atoms with E-state index in [1.807, 2.05) is 6.20 Å². The number of nitrogens with zero attached hydrogens (tertiary/aromatic N) is 2. The summed E-state index contributed by atoms with van der Waals surface area (Å²) in [4.78, 5) is 8.84. The zero-order chi connectivity index (χ0) is 10.9. The Morgan fingerprint density at radius 1 is 1.40 bits per heavy atom. The third-order valence-electron chi connectivity index (χ3n) is 2.30. The molecule has 1 aliphatic rings. The van der Waals surface area contributed by atoms with Crippen LogP contribution < -0.4 is 10.6 Å². The van der Waals surface area contributed by atoms with Crippen molar-refractivity contribution < 1.29 is 0 Å². The second-order valence-electron chi connectivity index (χ2n) is 4.97. The van der Waals surface area contributed by atoms with Crippen molar-refractivity contribution in [2.24, 2.45) is 0 Å². The molecule has 4 nitrogen and oxygen atoms in total. The molecule has 0 aromatic carbocycles. The predicted molar refractivity (Wildman–Crippen MR) is 60.8 cm³/mol. The molecule has 4 heteroatoms. The van der Waals surface area contributed by atoms with Crippen molar-refractivity contribution in [2.75, 3.05) is 11.9 Å². The van der Waals surface area contributed by atoms with E-state index in [0.717, 1.165) is 31.2 Å². The summed E-state index contributed by atoms with van der Waals surface area (Å²) in [6, 6.07) is 0. The Hall–Kier alpha value is -1.16. The molecule has 15 heavy (non-hydrogen) atoms. The maximum absolute atomic E-state index is 4.51. The summed E-state index contributed by atoms with van der Waals surface area (Å²) in [6.07, 6.45) is 2.97. The molecule has 0 saturated carbocycles. The molecule has 0 bridgehead atoms. The fourth-order valence-corrected chi connectivity index (χ4v) is 1.63. The van der Waals surface area contributed by atoms with Crippen LogP contribution in [0, 0.1) is 0 Å². The van der Waals surface area contributed by atoms with Crippen LogP contribution in [-0.2, 0) is 13.0 Å². The third kappa shape index (κ3) is 2.65. The average Bonchev–Trinajstić information content (AvgIpc) is 2.15. The molecule has 2 rings (SSSR count). The van der Waals surface area contributed by atoms with E-state index in [9.17, 15) is 0 Å². The van der Waals surface area contributed by atoms with E-state index < -0.39 is 0 Å². The Morgan fingerprint density at radius 3 is 2.93 bits per heavy atom. The molecule has 0 spiro atoms. The van der Waals surface area contributed by atoms with E-state index >= 15 is 0 Å². The number of aromatic nitrogens is 2. The summed E-state index contributed by atoms with van der Waals surface area (Å²) in [7, 11) is 0. The third-order valence-corrected chi connectivity index (χ3v) is 2.30. The standard InChI is InChI=1S/C11H18N4/c1-11(2,3)15-10-13-6-8-4-5-12-7-9(8)14-10/h6,12H,4-5,7H2,1-3H3,(H,13,14,15). The van der Waals surface area contributed by atoms with Crippen LogP contribution in [-0.4, -0.2) is 22.1 Å². The molecule has 1 aromatic heterocycles. The van der Waals surface area contributed by atoms with Gasteiger partial charge in [-0.2, -0.15) is 0 Å². The lowest BCUT2D eigenvalue weighted by molar-refractivity contribution is 0.606. The van der Waals surface area contributed by atoms with Crippen molar-refractivity contribution in [1.29, 1.82) is 0 Å². The normalized spacial score (nSPS) is 15.9. The van der Waals surface area contributed by atoms with E-state index in [1.165, 1.54) is 5.56 Å². The number of rotatable bonds is 1. The molecular formula is C11H18N4. The van der Waals surface area contributed by atoms with E-state index in [4.69, 9.17) is 0 Å². The van der Waals surface area contributed by atoms with Crippen LogP contribution in [0.25, 0.3) is 0 Å². The van der Waals surface area contributed by atoms with Gasteiger partial charge < -0.3 is 10.6 Å². The van der Waals surface area contributed by atoms with Crippen LogP contribution in [0.2, 0.25) is 0 Å². The fourth-order valence-electron chi connectivity index (χ4n) is 1.63. The Kier molecular flexibility index (Phi) is 2.61. The van der Waals surface area contributed by atoms with Gasteiger partial charge in [0.25, 0.3) is 0 Å². The van der Waals surface area contributed by atoms with Crippen LogP contribution >= 0.6 is 0 Å². The molecule has 0 amide bonds. The lowest BCUT2D eigenvalue weighted by Crippen LogP contribution is -2.29. The first-order chi connectivity index (χ1) is 7.04. The van der Waals surface area contributed by atoms with Crippen molar-refractivity contribution in [3.63, 3.8) is 0 Å². The van der Waals surface area contributed by atoms with Gasteiger partial charge in [-0.05, 0) is 39.3 Å². The maximum atomic E-state index is 4.51. The summed E-state index contributed by atoms with van der Waals surface area (Å²) >= 11 is 0. The number of anilines is 1. The van der Waals surface area contributed by atoms with Gasteiger partial charge >= 0.3 is 0 Å². The van der Waals surface area contributed by atoms with Gasteiger partial charge in [0.2, 0.25) is 5.95 Å². The van der Waals surface area contributed by atoms with E-state index in [0.29, 0.717) is 0 Å². The van der Waals surface area contributed by atoms with Crippen molar-refractivity contribution >= 4 is 5.95 Å². The van der Waals surface area contributed by atoms with Crippen LogP contribution in [0.15, 0.2) is 6.20 Å².